The molecule has 0 spiro atoms. The fourth-order valence-electron chi connectivity index (χ4n) is 4.29. The monoisotopic (exact) mass is 501 g/mol. The summed E-state index contributed by atoms with van der Waals surface area (Å²) < 4.78 is 43.9. The zero-order chi connectivity index (χ0) is 26.0. The van der Waals surface area contributed by atoms with Crippen molar-refractivity contribution in [3.63, 3.8) is 0 Å². The molecule has 1 aliphatic rings. The molecule has 2 rings (SSSR count). The largest absolute Gasteiger partial charge is 0.430 e. The number of ether oxygens (including phenoxy) is 2. The molecule has 0 aliphatic carbocycles. The molecule has 2 heterocycles. The van der Waals surface area contributed by atoms with Crippen molar-refractivity contribution in [2.75, 3.05) is 13.1 Å². The highest BCUT2D eigenvalue weighted by Crippen LogP contribution is 2.40. The van der Waals surface area contributed by atoms with E-state index in [1.165, 1.54) is 13.1 Å². The predicted molar refractivity (Wildman–Crippen MR) is 122 cm³/mol. The summed E-state index contributed by atoms with van der Waals surface area (Å²) >= 11 is 0. The quantitative estimate of drug-likeness (QED) is 0.385. The van der Waals surface area contributed by atoms with Crippen molar-refractivity contribution in [2.45, 2.75) is 96.9 Å². The first kappa shape index (κ1) is 28.7. The summed E-state index contributed by atoms with van der Waals surface area (Å²) in [7, 11) is 0. The van der Waals surface area contributed by atoms with Gasteiger partial charge in [0.1, 0.15) is 17.8 Å². The number of likely N-dealkylation sites (tertiary alicyclic amines) is 1. The third-order valence-electron chi connectivity index (χ3n) is 6.16. The van der Waals surface area contributed by atoms with Crippen LogP contribution < -0.4 is 5.32 Å². The molecular formula is C24H37F2N3O6. The molecule has 0 saturated carbocycles. The van der Waals surface area contributed by atoms with Crippen molar-refractivity contribution in [1.29, 1.82) is 0 Å². The van der Waals surface area contributed by atoms with Crippen LogP contribution in [0.5, 0.6) is 0 Å². The van der Waals surface area contributed by atoms with Crippen LogP contribution in [0.15, 0.2) is 16.8 Å². The maximum Gasteiger partial charge on any atom is 0.326 e. The lowest BCUT2D eigenvalue weighted by Gasteiger charge is -2.32. The molecule has 11 heteroatoms. The van der Waals surface area contributed by atoms with Crippen LogP contribution in [0.1, 0.15) is 77.9 Å². The molecule has 3 unspecified atom stereocenters. The summed E-state index contributed by atoms with van der Waals surface area (Å²) in [6, 6.07) is -0.501. The van der Waals surface area contributed by atoms with E-state index in [9.17, 15) is 23.2 Å². The van der Waals surface area contributed by atoms with Gasteiger partial charge in [-0.2, -0.15) is 0 Å². The maximum absolute atomic E-state index is 14.3. The Kier molecular flexibility index (Phi) is 11.6. The number of nitrogens with zero attached hydrogens (tertiary/aromatic N) is 2. The number of hydrogen-bond acceptors (Lipinski definition) is 8. The molecule has 1 aliphatic heterocycles. The number of carbonyl (C=O) groups is 3. The second-order valence-electron chi connectivity index (χ2n) is 8.90. The molecule has 1 saturated heterocycles. The van der Waals surface area contributed by atoms with Crippen molar-refractivity contribution in [2.24, 2.45) is 5.92 Å². The van der Waals surface area contributed by atoms with Gasteiger partial charge in [0.25, 0.3) is 0 Å². The number of esters is 2. The van der Waals surface area contributed by atoms with Gasteiger partial charge in [-0.1, -0.05) is 32.3 Å². The fourth-order valence-corrected chi connectivity index (χ4v) is 4.29. The molecule has 35 heavy (non-hydrogen) atoms. The van der Waals surface area contributed by atoms with Crippen LogP contribution in [0.4, 0.5) is 8.78 Å². The third-order valence-corrected chi connectivity index (χ3v) is 6.16. The van der Waals surface area contributed by atoms with Crippen molar-refractivity contribution < 1.29 is 37.2 Å². The normalized spacial score (nSPS) is 22.9. The summed E-state index contributed by atoms with van der Waals surface area (Å²) in [5.41, 5.74) is 0. The second kappa shape index (κ2) is 14.1. The number of aromatic nitrogens is 1. The Bertz CT molecular complexity index is 809. The van der Waals surface area contributed by atoms with Crippen LogP contribution in [-0.2, 0) is 23.9 Å². The predicted octanol–water partition coefficient (Wildman–Crippen LogP) is 3.64. The van der Waals surface area contributed by atoms with E-state index in [0.717, 1.165) is 0 Å². The molecule has 1 aromatic rings. The summed E-state index contributed by atoms with van der Waals surface area (Å²) in [5.74, 6) is -2.37. The Labute approximate surface area is 204 Å². The Morgan fingerprint density at radius 3 is 2.29 bits per heavy atom. The van der Waals surface area contributed by atoms with Crippen molar-refractivity contribution in [3.8, 4) is 0 Å². The molecule has 198 valence electrons. The summed E-state index contributed by atoms with van der Waals surface area (Å²) in [6.07, 6.45) is -0.400. The van der Waals surface area contributed by atoms with E-state index in [1.807, 2.05) is 6.92 Å². The van der Waals surface area contributed by atoms with E-state index in [-0.39, 0.29) is 37.6 Å². The Hall–Kier alpha value is -2.56. The molecule has 6 atom stereocenters. The van der Waals surface area contributed by atoms with Gasteiger partial charge >= 0.3 is 11.9 Å². The molecule has 1 fully saturated rings. The van der Waals surface area contributed by atoms with Crippen LogP contribution in [0.3, 0.4) is 0 Å². The van der Waals surface area contributed by atoms with Gasteiger partial charge in [0.05, 0.1) is 6.20 Å². The van der Waals surface area contributed by atoms with Crippen LogP contribution in [0.2, 0.25) is 0 Å². The van der Waals surface area contributed by atoms with Crippen molar-refractivity contribution in [3.05, 3.63) is 18.0 Å². The number of carbonyl (C=O) groups excluding carboxylic acids is 3. The van der Waals surface area contributed by atoms with Crippen LogP contribution in [-0.4, -0.2) is 65.8 Å². The smallest absolute Gasteiger partial charge is 0.326 e. The average molecular weight is 502 g/mol. The molecule has 1 aromatic heterocycles. The number of alkyl halides is 2. The molecule has 0 bridgehead atoms. The Balaban J connectivity index is 2.39. The highest BCUT2D eigenvalue weighted by molar-refractivity contribution is 5.82. The Morgan fingerprint density at radius 1 is 1.14 bits per heavy atom. The lowest BCUT2D eigenvalue weighted by molar-refractivity contribution is -0.169. The lowest BCUT2D eigenvalue weighted by Crippen LogP contribution is -2.50. The first-order chi connectivity index (χ1) is 16.7. The van der Waals surface area contributed by atoms with Crippen LogP contribution in [0, 0.1) is 5.92 Å². The SMILES string of the molecule is CCCC(F)OC(=O)[C@H]1C[C@@H](c2ccno2)[C@H](C(=O)OC(F)CCC)N1CC(CC)CNC(C)=O. The molecule has 1 N–H and O–H groups in total. The van der Waals surface area contributed by atoms with E-state index >= 15 is 0 Å². The Morgan fingerprint density at radius 2 is 1.77 bits per heavy atom. The number of nitrogens with one attached hydrogen (secondary N) is 1. The molecule has 1 amide bonds. The van der Waals surface area contributed by atoms with Crippen molar-refractivity contribution in [1.82, 2.24) is 15.4 Å². The zero-order valence-corrected chi connectivity index (χ0v) is 20.9. The van der Waals surface area contributed by atoms with Gasteiger partial charge in [-0.3, -0.25) is 19.3 Å². The molecule has 0 radical (unpaired) electrons. The number of amides is 1. The number of rotatable bonds is 14. The van der Waals surface area contributed by atoms with Crippen molar-refractivity contribution >= 4 is 17.8 Å². The first-order valence-corrected chi connectivity index (χ1v) is 12.3. The minimum atomic E-state index is -1.79. The highest BCUT2D eigenvalue weighted by atomic mass is 19.1. The van der Waals surface area contributed by atoms with Gasteiger partial charge in [-0.05, 0) is 25.2 Å². The van der Waals surface area contributed by atoms with E-state index in [0.29, 0.717) is 31.6 Å². The van der Waals surface area contributed by atoms with E-state index < -0.39 is 42.7 Å². The average Bonchev–Trinajstić information content (AvgIpc) is 3.44. The molecule has 9 nitrogen and oxygen atoms in total. The minimum Gasteiger partial charge on any atom is -0.430 e. The summed E-state index contributed by atoms with van der Waals surface area (Å²) in [5, 5.41) is 6.45. The topological polar surface area (TPSA) is 111 Å². The van der Waals surface area contributed by atoms with Crippen LogP contribution in [0.25, 0.3) is 0 Å². The summed E-state index contributed by atoms with van der Waals surface area (Å²) in [6.45, 7) is 7.34. The lowest BCUT2D eigenvalue weighted by atomic mass is 9.96. The van der Waals surface area contributed by atoms with Gasteiger partial charge in [0.2, 0.25) is 18.6 Å². The summed E-state index contributed by atoms with van der Waals surface area (Å²) in [4.78, 5) is 39.3. The van der Waals surface area contributed by atoms with Gasteiger partial charge < -0.3 is 19.3 Å². The van der Waals surface area contributed by atoms with Gasteiger partial charge in [-0.25, -0.2) is 8.78 Å². The number of hydrogen-bond donors (Lipinski definition) is 1. The molecular weight excluding hydrogens is 464 g/mol. The standard InChI is InChI=1S/C24H37F2N3O6/c1-5-8-20(25)33-23(31)18-12-17(19-10-11-28-35-19)22(24(32)34-21(26)9-6-2)29(18)14-16(7-3)13-27-15(4)30/h10-11,16-18,20-22H,5-9,12-14H2,1-4H3,(H,27,30)/t16?,17-,18+,20?,21?,22+/m0/s1. The minimum absolute atomic E-state index is 0.0393. The maximum atomic E-state index is 14.3. The zero-order valence-electron chi connectivity index (χ0n) is 20.9. The van der Waals surface area contributed by atoms with Gasteiger partial charge in [-0.15, -0.1) is 0 Å². The molecule has 0 aromatic carbocycles. The first-order valence-electron chi connectivity index (χ1n) is 12.3. The van der Waals surface area contributed by atoms with E-state index in [4.69, 9.17) is 14.0 Å². The number of halogens is 2. The highest BCUT2D eigenvalue weighted by Gasteiger charge is 2.52. The van der Waals surface area contributed by atoms with Crippen LogP contribution >= 0.6 is 0 Å². The van der Waals surface area contributed by atoms with E-state index in [2.05, 4.69) is 10.5 Å². The van der Waals surface area contributed by atoms with E-state index in [1.54, 1.807) is 24.8 Å². The van der Waals surface area contributed by atoms with Gasteiger partial charge in [0.15, 0.2) is 0 Å². The van der Waals surface area contributed by atoms with Gasteiger partial charge in [0, 0.05) is 44.8 Å². The fraction of sp³-hybridized carbons (Fsp3) is 0.750. The third kappa shape index (κ3) is 8.26. The second-order valence-corrected chi connectivity index (χ2v) is 8.90.